The molecule has 0 atom stereocenters. The number of imidazole rings is 1. The quantitative estimate of drug-likeness (QED) is 0.309. The van der Waals surface area contributed by atoms with Crippen LogP contribution in [-0.4, -0.2) is 22.3 Å². The number of thiazole rings is 1. The number of methoxy groups -OCH3 is 1. The smallest absolute Gasteiger partial charge is 0.194 e. The fourth-order valence-corrected chi connectivity index (χ4v) is 4.07. The molecular weight excluding hydrogens is 380 g/mol. The van der Waals surface area contributed by atoms with Crippen LogP contribution in [0.5, 0.6) is 5.75 Å². The second-order valence-corrected chi connectivity index (χ2v) is 8.28. The Kier molecular flexibility index (Phi) is 5.07. The van der Waals surface area contributed by atoms with Crippen LogP contribution in [-0.2, 0) is 0 Å². The SMILES string of the molecule is COc1ccc(-c2nc3sc(C)cn3c2/C=C/C(=O)c2ccc(C)c(C)c2)cc1. The predicted octanol–water partition coefficient (Wildman–Crippen LogP) is 5.89. The summed E-state index contributed by atoms with van der Waals surface area (Å²) in [7, 11) is 1.65. The maximum absolute atomic E-state index is 12.7. The Morgan fingerprint density at radius 1 is 1.07 bits per heavy atom. The summed E-state index contributed by atoms with van der Waals surface area (Å²) in [6.07, 6.45) is 5.55. The Morgan fingerprint density at radius 2 is 1.83 bits per heavy atom. The van der Waals surface area contributed by atoms with Crippen LogP contribution in [0, 0.1) is 20.8 Å². The topological polar surface area (TPSA) is 43.6 Å². The average Bonchev–Trinajstić information content (AvgIpc) is 3.24. The molecule has 0 aliphatic rings. The number of benzene rings is 2. The molecule has 4 aromatic rings. The number of ether oxygens (including phenoxy) is 1. The van der Waals surface area contributed by atoms with Gasteiger partial charge in [0, 0.05) is 22.2 Å². The van der Waals surface area contributed by atoms with E-state index in [0.29, 0.717) is 5.56 Å². The summed E-state index contributed by atoms with van der Waals surface area (Å²) in [6.45, 7) is 6.12. The number of hydrogen-bond acceptors (Lipinski definition) is 4. The largest absolute Gasteiger partial charge is 0.497 e. The van der Waals surface area contributed by atoms with Gasteiger partial charge in [0.25, 0.3) is 0 Å². The molecule has 0 radical (unpaired) electrons. The molecule has 29 heavy (non-hydrogen) atoms. The molecule has 2 aromatic heterocycles. The zero-order chi connectivity index (χ0) is 20.5. The molecule has 0 saturated carbocycles. The van der Waals surface area contributed by atoms with Crippen LogP contribution in [0.3, 0.4) is 0 Å². The minimum absolute atomic E-state index is 0.0179. The van der Waals surface area contributed by atoms with Crippen LogP contribution < -0.4 is 4.74 Å². The summed E-state index contributed by atoms with van der Waals surface area (Å²) in [6, 6.07) is 13.6. The van der Waals surface area contributed by atoms with Crippen LogP contribution in [0.2, 0.25) is 0 Å². The molecule has 0 bridgehead atoms. The number of carbonyl (C=O) groups excluding carboxylic acids is 1. The highest BCUT2D eigenvalue weighted by atomic mass is 32.1. The van der Waals surface area contributed by atoms with Crippen molar-refractivity contribution in [3.05, 3.63) is 82.0 Å². The Morgan fingerprint density at radius 3 is 2.52 bits per heavy atom. The molecule has 0 amide bonds. The molecule has 2 aromatic carbocycles. The van der Waals surface area contributed by atoms with E-state index in [0.717, 1.165) is 33.2 Å². The molecule has 0 unspecified atom stereocenters. The number of aromatic nitrogens is 2. The van der Waals surface area contributed by atoms with Crippen molar-refractivity contribution >= 4 is 28.2 Å². The third-order valence-electron chi connectivity index (χ3n) is 5.03. The summed E-state index contributed by atoms with van der Waals surface area (Å²) >= 11 is 1.63. The van der Waals surface area contributed by atoms with E-state index in [1.54, 1.807) is 24.5 Å². The lowest BCUT2D eigenvalue weighted by molar-refractivity contribution is 0.104. The van der Waals surface area contributed by atoms with Gasteiger partial charge >= 0.3 is 0 Å². The second kappa shape index (κ2) is 7.68. The monoisotopic (exact) mass is 402 g/mol. The van der Waals surface area contributed by atoms with Crippen LogP contribution >= 0.6 is 11.3 Å². The van der Waals surface area contributed by atoms with Gasteiger partial charge in [0.05, 0.1) is 18.5 Å². The van der Waals surface area contributed by atoms with E-state index in [4.69, 9.17) is 9.72 Å². The van der Waals surface area contributed by atoms with Gasteiger partial charge in [0.1, 0.15) is 5.75 Å². The zero-order valence-electron chi connectivity index (χ0n) is 16.9. The number of ketones is 1. The normalized spacial score (nSPS) is 11.4. The Balaban J connectivity index is 1.75. The van der Waals surface area contributed by atoms with Gasteiger partial charge in [-0.25, -0.2) is 4.98 Å². The molecule has 0 saturated heterocycles. The molecular formula is C24H22N2O2S. The summed E-state index contributed by atoms with van der Waals surface area (Å²) in [5.74, 6) is 0.781. The first-order valence-electron chi connectivity index (χ1n) is 9.39. The first kappa shape index (κ1) is 19.2. The molecule has 5 heteroatoms. The lowest BCUT2D eigenvalue weighted by Crippen LogP contribution is -1.96. The van der Waals surface area contributed by atoms with Crippen molar-refractivity contribution in [2.24, 2.45) is 0 Å². The highest BCUT2D eigenvalue weighted by molar-refractivity contribution is 7.17. The summed E-state index contributed by atoms with van der Waals surface area (Å²) in [4.78, 5) is 19.6. The van der Waals surface area contributed by atoms with E-state index in [1.807, 2.05) is 66.8 Å². The van der Waals surface area contributed by atoms with Crippen molar-refractivity contribution in [3.8, 4) is 17.0 Å². The molecule has 146 valence electrons. The summed E-state index contributed by atoms with van der Waals surface area (Å²) in [5.41, 5.74) is 5.71. The highest BCUT2D eigenvalue weighted by Crippen LogP contribution is 2.30. The van der Waals surface area contributed by atoms with Gasteiger partial charge in [-0.3, -0.25) is 9.20 Å². The van der Waals surface area contributed by atoms with Gasteiger partial charge in [-0.15, -0.1) is 11.3 Å². The Labute approximate surface area is 174 Å². The van der Waals surface area contributed by atoms with E-state index in [-0.39, 0.29) is 5.78 Å². The van der Waals surface area contributed by atoms with E-state index in [2.05, 4.69) is 13.1 Å². The summed E-state index contributed by atoms with van der Waals surface area (Å²) in [5, 5.41) is 0. The van der Waals surface area contributed by atoms with Crippen molar-refractivity contribution in [1.29, 1.82) is 0 Å². The molecule has 4 nitrogen and oxygen atoms in total. The third-order valence-corrected chi connectivity index (χ3v) is 5.92. The maximum Gasteiger partial charge on any atom is 0.194 e. The highest BCUT2D eigenvalue weighted by Gasteiger charge is 2.15. The van der Waals surface area contributed by atoms with Gasteiger partial charge in [-0.2, -0.15) is 0 Å². The maximum atomic E-state index is 12.7. The Hall–Kier alpha value is -3.18. The number of carbonyl (C=O) groups is 1. The van der Waals surface area contributed by atoms with E-state index in [1.165, 1.54) is 10.4 Å². The number of fused-ring (bicyclic) bond motifs is 1. The third kappa shape index (κ3) is 3.74. The lowest BCUT2D eigenvalue weighted by Gasteiger charge is -2.04. The molecule has 0 aliphatic carbocycles. The van der Waals surface area contributed by atoms with Crippen molar-refractivity contribution in [2.75, 3.05) is 7.11 Å². The second-order valence-electron chi connectivity index (χ2n) is 7.07. The fourth-order valence-electron chi connectivity index (χ4n) is 3.24. The van der Waals surface area contributed by atoms with Crippen molar-refractivity contribution in [3.63, 3.8) is 0 Å². The number of allylic oxidation sites excluding steroid dienone is 1. The minimum Gasteiger partial charge on any atom is -0.497 e. The number of aryl methyl sites for hydroxylation is 3. The van der Waals surface area contributed by atoms with E-state index >= 15 is 0 Å². The van der Waals surface area contributed by atoms with Gasteiger partial charge in [0.2, 0.25) is 0 Å². The van der Waals surface area contributed by atoms with Gasteiger partial charge < -0.3 is 4.74 Å². The molecule has 0 spiro atoms. The lowest BCUT2D eigenvalue weighted by atomic mass is 10.0. The molecule has 0 aliphatic heterocycles. The minimum atomic E-state index is -0.0179. The van der Waals surface area contributed by atoms with E-state index < -0.39 is 0 Å². The standard InChI is InChI=1S/C24H22N2O2S/c1-15-5-6-19(13-16(15)2)22(27)12-11-21-23(18-7-9-20(28-4)10-8-18)25-24-26(21)14-17(3)29-24/h5-14H,1-4H3/b12-11+. The first-order valence-corrected chi connectivity index (χ1v) is 10.2. The first-order chi connectivity index (χ1) is 14.0. The molecule has 2 heterocycles. The Bertz CT molecular complexity index is 1230. The van der Waals surface area contributed by atoms with Crippen LogP contribution in [0.1, 0.15) is 32.1 Å². The van der Waals surface area contributed by atoms with Crippen LogP contribution in [0.15, 0.2) is 54.7 Å². The molecule has 0 N–H and O–H groups in total. The number of rotatable bonds is 5. The number of hydrogen-bond donors (Lipinski definition) is 0. The number of nitrogens with zero attached hydrogens (tertiary/aromatic N) is 2. The van der Waals surface area contributed by atoms with E-state index in [9.17, 15) is 4.79 Å². The zero-order valence-corrected chi connectivity index (χ0v) is 17.7. The summed E-state index contributed by atoms with van der Waals surface area (Å²) < 4.78 is 7.30. The van der Waals surface area contributed by atoms with Crippen molar-refractivity contribution < 1.29 is 9.53 Å². The van der Waals surface area contributed by atoms with Crippen molar-refractivity contribution in [1.82, 2.24) is 9.38 Å². The average molecular weight is 403 g/mol. The van der Waals surface area contributed by atoms with Gasteiger partial charge in [-0.1, -0.05) is 12.1 Å². The predicted molar refractivity (Wildman–Crippen MR) is 119 cm³/mol. The van der Waals surface area contributed by atoms with Crippen LogP contribution in [0.25, 0.3) is 22.3 Å². The van der Waals surface area contributed by atoms with Crippen molar-refractivity contribution in [2.45, 2.75) is 20.8 Å². The van der Waals surface area contributed by atoms with Crippen LogP contribution in [0.4, 0.5) is 0 Å². The molecule has 0 fully saturated rings. The van der Waals surface area contributed by atoms with Gasteiger partial charge in [0.15, 0.2) is 10.7 Å². The molecule has 4 rings (SSSR count). The fraction of sp³-hybridized carbons (Fsp3) is 0.167. The van der Waals surface area contributed by atoms with Gasteiger partial charge in [-0.05, 0) is 74.4 Å².